The fourth-order valence-electron chi connectivity index (χ4n) is 2.70. The number of unbranched alkanes of at least 4 members (excludes halogenated alkanes) is 2. The molecule has 0 aliphatic heterocycles. The molecule has 0 aliphatic carbocycles. The molecular formula is C21H37NO8P+. The van der Waals surface area contributed by atoms with Crippen LogP contribution >= 0.6 is 7.82 Å². The molecule has 1 aromatic carbocycles. The number of aliphatic carboxylic acids is 1. The van der Waals surface area contributed by atoms with Gasteiger partial charge < -0.3 is 24.0 Å². The lowest BCUT2D eigenvalue weighted by atomic mass is 10.2. The van der Waals surface area contributed by atoms with Gasteiger partial charge in [0.05, 0.1) is 47.4 Å². The number of carboxylic acids is 1. The first-order chi connectivity index (χ1) is 14.5. The monoisotopic (exact) mass is 462 g/mol. The summed E-state index contributed by atoms with van der Waals surface area (Å²) in [5.74, 6) is 0.423. The second kappa shape index (κ2) is 13.7. The van der Waals surface area contributed by atoms with Crippen molar-refractivity contribution in [1.29, 1.82) is 0 Å². The van der Waals surface area contributed by atoms with Gasteiger partial charge in [0.15, 0.2) is 0 Å². The largest absolute Gasteiger partial charge is 0.494 e. The predicted octanol–water partition coefficient (Wildman–Crippen LogP) is 3.71. The number of nitrogens with zero attached hydrogens (tertiary/aromatic N) is 1. The van der Waals surface area contributed by atoms with E-state index in [1.165, 1.54) is 0 Å². The minimum Gasteiger partial charge on any atom is -0.494 e. The molecule has 2 atom stereocenters. The number of hydrogen-bond acceptors (Lipinski definition) is 6. The Bertz CT molecular complexity index is 690. The predicted molar refractivity (Wildman–Crippen MR) is 117 cm³/mol. The van der Waals surface area contributed by atoms with Crippen LogP contribution in [0.4, 0.5) is 0 Å². The third-order valence-corrected chi connectivity index (χ3v) is 5.16. The summed E-state index contributed by atoms with van der Waals surface area (Å²) in [6.45, 7) is 3.50. The first kappa shape index (κ1) is 27.4. The van der Waals surface area contributed by atoms with E-state index in [1.54, 1.807) is 0 Å². The van der Waals surface area contributed by atoms with E-state index in [0.717, 1.165) is 24.3 Å². The molecule has 1 unspecified atom stereocenters. The average molecular weight is 463 g/mol. The normalized spacial score (nSPS) is 14.6. The summed E-state index contributed by atoms with van der Waals surface area (Å²) in [7, 11) is 1.18. The van der Waals surface area contributed by atoms with Crippen LogP contribution in [0.3, 0.4) is 0 Å². The van der Waals surface area contributed by atoms with Gasteiger partial charge in [0.25, 0.3) is 0 Å². The van der Waals surface area contributed by atoms with E-state index >= 15 is 0 Å². The summed E-state index contributed by atoms with van der Waals surface area (Å²) >= 11 is 0. The molecule has 1 aromatic rings. The van der Waals surface area contributed by atoms with Crippen LogP contribution in [0.15, 0.2) is 24.3 Å². The standard InChI is InChI=1S/C21H36NO8P/c1-5-6-13-27-18-9-11-19(12-10-18)28-14-7-8-15-29-31(25,26)30-20(16-21(23)24)17-22(2,3)4/h9-12,20H,5-8,13-17H2,1-4H3,(H-,23,24,25,26)/p+1/t20-/m1/s1. The van der Waals surface area contributed by atoms with E-state index in [1.807, 2.05) is 45.4 Å². The molecule has 0 heterocycles. The molecule has 31 heavy (non-hydrogen) atoms. The van der Waals surface area contributed by atoms with Crippen LogP contribution < -0.4 is 9.47 Å². The summed E-state index contributed by atoms with van der Waals surface area (Å²) in [5.41, 5.74) is 0. The number of benzene rings is 1. The van der Waals surface area contributed by atoms with Crippen molar-refractivity contribution in [3.63, 3.8) is 0 Å². The van der Waals surface area contributed by atoms with Crippen LogP contribution in [0.2, 0.25) is 0 Å². The van der Waals surface area contributed by atoms with Crippen LogP contribution in [-0.4, -0.2) is 74.1 Å². The van der Waals surface area contributed by atoms with Gasteiger partial charge >= 0.3 is 13.8 Å². The Morgan fingerprint density at radius 1 is 1.00 bits per heavy atom. The lowest BCUT2D eigenvalue weighted by molar-refractivity contribution is -0.873. The Morgan fingerprint density at radius 2 is 1.52 bits per heavy atom. The zero-order chi connectivity index (χ0) is 23.3. The summed E-state index contributed by atoms with van der Waals surface area (Å²) in [4.78, 5) is 20.9. The van der Waals surface area contributed by atoms with Crippen molar-refractivity contribution in [3.8, 4) is 11.5 Å². The molecule has 0 aliphatic rings. The highest BCUT2D eigenvalue weighted by molar-refractivity contribution is 7.47. The van der Waals surface area contributed by atoms with Gasteiger partial charge in [-0.1, -0.05) is 13.3 Å². The minimum atomic E-state index is -4.34. The Morgan fingerprint density at radius 3 is 2.00 bits per heavy atom. The second-order valence-corrected chi connectivity index (χ2v) is 9.74. The van der Waals surface area contributed by atoms with E-state index in [4.69, 9.17) is 23.6 Å². The van der Waals surface area contributed by atoms with Gasteiger partial charge in [-0.25, -0.2) is 4.57 Å². The quantitative estimate of drug-likeness (QED) is 0.205. The SMILES string of the molecule is CCCCOc1ccc(OCCCCOP(=O)(O)O[C@H](CC(=O)O)C[N+](C)(C)C)cc1. The zero-order valence-corrected chi connectivity index (χ0v) is 19.9. The molecule has 0 saturated carbocycles. The average Bonchev–Trinajstić information content (AvgIpc) is 2.63. The molecule has 178 valence electrons. The lowest BCUT2D eigenvalue weighted by Crippen LogP contribution is -2.42. The minimum absolute atomic E-state index is 0.00547. The summed E-state index contributed by atoms with van der Waals surface area (Å²) in [6.07, 6.45) is 1.91. The highest BCUT2D eigenvalue weighted by Crippen LogP contribution is 2.45. The van der Waals surface area contributed by atoms with Crippen molar-refractivity contribution in [3.05, 3.63) is 24.3 Å². The highest BCUT2D eigenvalue weighted by atomic mass is 31.2. The molecule has 0 aromatic heterocycles. The first-order valence-electron chi connectivity index (χ1n) is 10.5. The second-order valence-electron chi connectivity index (χ2n) is 8.33. The van der Waals surface area contributed by atoms with Gasteiger partial charge in [0.1, 0.15) is 24.1 Å². The molecule has 9 nitrogen and oxygen atoms in total. The molecule has 0 fully saturated rings. The third kappa shape index (κ3) is 14.1. The number of quaternary nitrogens is 1. The molecule has 0 spiro atoms. The van der Waals surface area contributed by atoms with Gasteiger partial charge in [-0.15, -0.1) is 0 Å². The number of phosphoric ester groups is 1. The maximum Gasteiger partial charge on any atom is 0.472 e. The van der Waals surface area contributed by atoms with Crippen LogP contribution in [0.1, 0.15) is 39.0 Å². The number of likely N-dealkylation sites (N-methyl/N-ethyl adjacent to an activating group) is 1. The van der Waals surface area contributed by atoms with Crippen LogP contribution in [-0.2, 0) is 18.4 Å². The van der Waals surface area contributed by atoms with Crippen molar-refractivity contribution in [2.24, 2.45) is 0 Å². The topological polar surface area (TPSA) is 112 Å². The highest BCUT2D eigenvalue weighted by Gasteiger charge is 2.31. The summed E-state index contributed by atoms with van der Waals surface area (Å²) < 4.78 is 33.9. The summed E-state index contributed by atoms with van der Waals surface area (Å²) in [5, 5.41) is 8.99. The Labute approximate surface area is 185 Å². The molecule has 10 heteroatoms. The Hall–Kier alpha value is -1.64. The van der Waals surface area contributed by atoms with Gasteiger partial charge in [-0.05, 0) is 43.5 Å². The van der Waals surface area contributed by atoms with Crippen molar-refractivity contribution < 1.29 is 42.4 Å². The molecule has 1 rings (SSSR count). The van der Waals surface area contributed by atoms with Gasteiger partial charge in [0, 0.05) is 0 Å². The maximum absolute atomic E-state index is 12.1. The number of ether oxygens (including phenoxy) is 2. The first-order valence-corrected chi connectivity index (χ1v) is 12.0. The van der Waals surface area contributed by atoms with Crippen LogP contribution in [0.5, 0.6) is 11.5 Å². The van der Waals surface area contributed by atoms with Gasteiger partial charge in [-0.2, -0.15) is 0 Å². The summed E-state index contributed by atoms with van der Waals surface area (Å²) in [6, 6.07) is 7.39. The van der Waals surface area contributed by atoms with Crippen LogP contribution in [0.25, 0.3) is 0 Å². The molecular weight excluding hydrogens is 425 g/mol. The van der Waals surface area contributed by atoms with Crippen molar-refractivity contribution >= 4 is 13.8 Å². The third-order valence-electron chi connectivity index (χ3n) is 4.09. The smallest absolute Gasteiger partial charge is 0.472 e. The Kier molecular flexibility index (Phi) is 12.1. The molecule has 0 amide bonds. The van der Waals surface area contributed by atoms with E-state index in [9.17, 15) is 14.3 Å². The molecule has 2 N–H and O–H groups in total. The number of phosphoric acid groups is 1. The van der Waals surface area contributed by atoms with Crippen molar-refractivity contribution in [2.45, 2.75) is 45.1 Å². The van der Waals surface area contributed by atoms with E-state index in [2.05, 4.69) is 6.92 Å². The number of rotatable bonds is 17. The fraction of sp³-hybridized carbons (Fsp3) is 0.667. The number of carbonyl (C=O) groups is 1. The van der Waals surface area contributed by atoms with E-state index < -0.39 is 19.9 Å². The Balaban J connectivity index is 2.29. The number of hydrogen-bond donors (Lipinski definition) is 2. The maximum atomic E-state index is 12.1. The van der Waals surface area contributed by atoms with Gasteiger partial charge in [-0.3, -0.25) is 13.8 Å². The van der Waals surface area contributed by atoms with Crippen molar-refractivity contribution in [1.82, 2.24) is 0 Å². The van der Waals surface area contributed by atoms with E-state index in [-0.39, 0.29) is 19.6 Å². The molecule has 0 bridgehead atoms. The molecule has 0 saturated heterocycles. The van der Waals surface area contributed by atoms with Crippen molar-refractivity contribution in [2.75, 3.05) is 47.5 Å². The lowest BCUT2D eigenvalue weighted by Gasteiger charge is -2.29. The number of carboxylic acid groups (broad SMARTS) is 1. The van der Waals surface area contributed by atoms with Gasteiger partial charge in [0.2, 0.25) is 0 Å². The van der Waals surface area contributed by atoms with E-state index in [0.29, 0.717) is 30.5 Å². The van der Waals surface area contributed by atoms with Crippen LogP contribution in [0, 0.1) is 0 Å². The molecule has 0 radical (unpaired) electrons. The zero-order valence-electron chi connectivity index (χ0n) is 19.0. The fourth-order valence-corrected chi connectivity index (χ4v) is 3.64.